The van der Waals surface area contributed by atoms with Crippen LogP contribution in [0.4, 0.5) is 13.2 Å². The molecule has 1 aromatic carbocycles. The predicted molar refractivity (Wildman–Crippen MR) is 59.6 cm³/mol. The molecule has 0 saturated carbocycles. The summed E-state index contributed by atoms with van der Waals surface area (Å²) >= 11 is 2.95. The zero-order valence-electron chi connectivity index (χ0n) is 8.92. The van der Waals surface area contributed by atoms with Gasteiger partial charge in [0.05, 0.1) is 6.61 Å². The molecule has 0 fully saturated rings. The van der Waals surface area contributed by atoms with Crippen molar-refractivity contribution in [3.05, 3.63) is 34.3 Å². The van der Waals surface area contributed by atoms with Gasteiger partial charge in [-0.05, 0) is 13.0 Å². The Bertz CT molecular complexity index is 409. The third kappa shape index (κ3) is 3.00. The van der Waals surface area contributed by atoms with Crippen molar-refractivity contribution in [2.75, 3.05) is 6.61 Å². The number of carbonyl (C=O) groups excluding carboxylic acids is 1. The summed E-state index contributed by atoms with van der Waals surface area (Å²) in [4.78, 5) is 11.0. The molecule has 0 N–H and O–H groups in total. The van der Waals surface area contributed by atoms with E-state index in [1.807, 2.05) is 0 Å². The molecule has 6 heteroatoms. The highest BCUT2D eigenvalue weighted by Crippen LogP contribution is 2.38. The number of rotatable bonds is 4. The molecule has 17 heavy (non-hydrogen) atoms. The summed E-state index contributed by atoms with van der Waals surface area (Å²) in [5.74, 6) is -6.05. The second-order valence-electron chi connectivity index (χ2n) is 3.23. The van der Waals surface area contributed by atoms with E-state index in [1.54, 1.807) is 6.07 Å². The van der Waals surface area contributed by atoms with Crippen molar-refractivity contribution in [3.8, 4) is 0 Å². The third-order valence-corrected chi connectivity index (χ3v) is 2.77. The molecule has 0 spiro atoms. The van der Waals surface area contributed by atoms with Crippen molar-refractivity contribution in [2.24, 2.45) is 0 Å². The quantitative estimate of drug-likeness (QED) is 0.793. The van der Waals surface area contributed by atoms with Crippen LogP contribution in [-0.4, -0.2) is 18.5 Å². The number of carbonyl (C=O) groups is 1. The second kappa shape index (κ2) is 5.53. The molecular formula is C11H10BrF3O2. The largest absolute Gasteiger partial charge is 0.461 e. The Kier molecular flexibility index (Phi) is 4.56. The molecule has 0 amide bonds. The minimum atomic E-state index is -4.19. The van der Waals surface area contributed by atoms with Crippen molar-refractivity contribution in [2.45, 2.75) is 19.0 Å². The number of alkyl halides is 3. The summed E-state index contributed by atoms with van der Waals surface area (Å²) in [6.45, 7) is 1.15. The van der Waals surface area contributed by atoms with Gasteiger partial charge in [-0.2, -0.15) is 8.78 Å². The molecule has 1 rings (SSSR count). The number of hydrogen-bond donors (Lipinski definition) is 0. The van der Waals surface area contributed by atoms with E-state index in [4.69, 9.17) is 0 Å². The molecule has 1 aromatic rings. The number of esters is 1. The fraction of sp³-hybridized carbons (Fsp3) is 0.364. The fourth-order valence-electron chi connectivity index (χ4n) is 1.21. The molecule has 0 aromatic heterocycles. The van der Waals surface area contributed by atoms with Gasteiger partial charge in [0.1, 0.15) is 0 Å². The molecule has 0 aliphatic heterocycles. The summed E-state index contributed by atoms with van der Waals surface area (Å²) < 4.78 is 44.8. The summed E-state index contributed by atoms with van der Waals surface area (Å²) in [5.41, 5.74) is -0.287. The van der Waals surface area contributed by atoms with Crippen LogP contribution in [0.1, 0.15) is 18.7 Å². The smallest absolute Gasteiger partial charge is 0.380 e. The lowest BCUT2D eigenvalue weighted by molar-refractivity contribution is -0.182. The fourth-order valence-corrected chi connectivity index (χ4v) is 1.69. The molecule has 0 saturated heterocycles. The zero-order valence-corrected chi connectivity index (χ0v) is 10.5. The van der Waals surface area contributed by atoms with Crippen LogP contribution in [0.15, 0.2) is 28.7 Å². The average Bonchev–Trinajstić information content (AvgIpc) is 2.29. The molecule has 0 radical (unpaired) electrons. The topological polar surface area (TPSA) is 26.3 Å². The predicted octanol–water partition coefficient (Wildman–Crippen LogP) is 3.66. The van der Waals surface area contributed by atoms with Gasteiger partial charge < -0.3 is 4.74 Å². The lowest BCUT2D eigenvalue weighted by Gasteiger charge is -2.19. The van der Waals surface area contributed by atoms with Gasteiger partial charge in [-0.15, -0.1) is 0 Å². The Hall–Kier alpha value is -1.04. The van der Waals surface area contributed by atoms with E-state index in [0.29, 0.717) is 0 Å². The number of ether oxygens (including phenoxy) is 1. The number of hydrogen-bond acceptors (Lipinski definition) is 2. The Balaban J connectivity index is 3.00. The Morgan fingerprint density at radius 1 is 1.47 bits per heavy atom. The van der Waals surface area contributed by atoms with Crippen LogP contribution in [0.3, 0.4) is 0 Å². The number of benzene rings is 1. The molecule has 1 unspecified atom stereocenters. The van der Waals surface area contributed by atoms with Gasteiger partial charge in [0, 0.05) is 10.0 Å². The zero-order chi connectivity index (χ0) is 13.1. The van der Waals surface area contributed by atoms with Crippen LogP contribution in [0.25, 0.3) is 0 Å². The van der Waals surface area contributed by atoms with Gasteiger partial charge in [-0.1, -0.05) is 34.1 Å². The van der Waals surface area contributed by atoms with E-state index < -0.39 is 18.1 Å². The SMILES string of the molecule is CCOC(=O)C(F)(F)C(F)c1ccccc1Br. The van der Waals surface area contributed by atoms with Crippen molar-refractivity contribution in [1.82, 2.24) is 0 Å². The average molecular weight is 311 g/mol. The highest BCUT2D eigenvalue weighted by atomic mass is 79.9. The van der Waals surface area contributed by atoms with Gasteiger partial charge >= 0.3 is 11.9 Å². The monoisotopic (exact) mass is 310 g/mol. The van der Waals surface area contributed by atoms with Crippen LogP contribution >= 0.6 is 15.9 Å². The normalized spacial score (nSPS) is 13.2. The van der Waals surface area contributed by atoms with Gasteiger partial charge in [0.2, 0.25) is 6.17 Å². The number of halogens is 4. The minimum Gasteiger partial charge on any atom is -0.461 e. The molecule has 0 heterocycles. The Morgan fingerprint density at radius 3 is 2.59 bits per heavy atom. The van der Waals surface area contributed by atoms with E-state index in [1.165, 1.54) is 25.1 Å². The van der Waals surface area contributed by atoms with Crippen LogP contribution < -0.4 is 0 Å². The first-order chi connectivity index (χ1) is 7.91. The third-order valence-electron chi connectivity index (χ3n) is 2.04. The van der Waals surface area contributed by atoms with Crippen LogP contribution in [0, 0.1) is 0 Å². The molecule has 94 valence electrons. The first-order valence-electron chi connectivity index (χ1n) is 4.84. The second-order valence-corrected chi connectivity index (χ2v) is 4.08. The molecule has 1 atom stereocenters. The van der Waals surface area contributed by atoms with Crippen LogP contribution in [0.5, 0.6) is 0 Å². The van der Waals surface area contributed by atoms with Crippen molar-refractivity contribution >= 4 is 21.9 Å². The van der Waals surface area contributed by atoms with Gasteiger partial charge in [0.25, 0.3) is 0 Å². The lowest BCUT2D eigenvalue weighted by atomic mass is 10.1. The minimum absolute atomic E-state index is 0.177. The van der Waals surface area contributed by atoms with E-state index in [2.05, 4.69) is 20.7 Å². The molecule has 0 aliphatic carbocycles. The maximum atomic E-state index is 13.7. The van der Waals surface area contributed by atoms with Gasteiger partial charge in [-0.3, -0.25) is 0 Å². The van der Waals surface area contributed by atoms with E-state index in [-0.39, 0.29) is 16.6 Å². The highest BCUT2D eigenvalue weighted by Gasteiger charge is 2.50. The summed E-state index contributed by atoms with van der Waals surface area (Å²) in [6, 6.07) is 5.57. The van der Waals surface area contributed by atoms with Gasteiger partial charge in [-0.25, -0.2) is 9.18 Å². The Morgan fingerprint density at radius 2 is 2.06 bits per heavy atom. The van der Waals surface area contributed by atoms with E-state index >= 15 is 0 Å². The Labute approximate surface area is 105 Å². The molecule has 0 aliphatic rings. The van der Waals surface area contributed by atoms with Crippen molar-refractivity contribution in [3.63, 3.8) is 0 Å². The molecule has 2 nitrogen and oxygen atoms in total. The summed E-state index contributed by atoms with van der Waals surface area (Å²) in [7, 11) is 0. The van der Waals surface area contributed by atoms with Crippen LogP contribution in [0.2, 0.25) is 0 Å². The van der Waals surface area contributed by atoms with Crippen LogP contribution in [-0.2, 0) is 9.53 Å². The summed E-state index contributed by atoms with van der Waals surface area (Å²) in [6.07, 6.45) is -2.74. The molecular weight excluding hydrogens is 301 g/mol. The van der Waals surface area contributed by atoms with Crippen molar-refractivity contribution in [1.29, 1.82) is 0 Å². The lowest BCUT2D eigenvalue weighted by Crippen LogP contribution is -2.35. The first-order valence-corrected chi connectivity index (χ1v) is 5.64. The summed E-state index contributed by atoms with van der Waals surface area (Å²) in [5, 5.41) is 0. The van der Waals surface area contributed by atoms with E-state index in [0.717, 1.165) is 0 Å². The van der Waals surface area contributed by atoms with Gasteiger partial charge in [0.15, 0.2) is 0 Å². The maximum absolute atomic E-state index is 13.7. The first kappa shape index (κ1) is 14.0. The highest BCUT2D eigenvalue weighted by molar-refractivity contribution is 9.10. The van der Waals surface area contributed by atoms with E-state index in [9.17, 15) is 18.0 Å². The standard InChI is InChI=1S/C11H10BrF3O2/c1-2-17-10(16)11(14,15)9(13)7-5-3-4-6-8(7)12/h3-6,9H,2H2,1H3. The van der Waals surface area contributed by atoms with Crippen molar-refractivity contribution < 1.29 is 22.7 Å². The maximum Gasteiger partial charge on any atom is 0.380 e. The molecule has 0 bridgehead atoms.